The van der Waals surface area contributed by atoms with Crippen LogP contribution in [-0.4, -0.2) is 50.2 Å². The Balaban J connectivity index is 1.43. The smallest absolute Gasteiger partial charge is 0.280 e. The van der Waals surface area contributed by atoms with Crippen LogP contribution >= 0.6 is 22.9 Å². The number of thiazole rings is 1. The van der Waals surface area contributed by atoms with Crippen LogP contribution in [0.3, 0.4) is 0 Å². The third-order valence-corrected chi connectivity index (χ3v) is 6.81. The lowest BCUT2D eigenvalue weighted by molar-refractivity contribution is 0.0656. The number of aromatic nitrogens is 3. The van der Waals surface area contributed by atoms with E-state index in [2.05, 4.69) is 15.3 Å². The van der Waals surface area contributed by atoms with Crippen LogP contribution in [-0.2, 0) is 0 Å². The summed E-state index contributed by atoms with van der Waals surface area (Å²) in [5.74, 6) is -0.272. The Morgan fingerprint density at radius 1 is 1.22 bits per heavy atom. The number of likely N-dealkylation sites (tertiary alicyclic amines) is 1. The van der Waals surface area contributed by atoms with Crippen molar-refractivity contribution in [1.82, 2.24) is 24.6 Å². The van der Waals surface area contributed by atoms with Gasteiger partial charge in [0, 0.05) is 41.8 Å². The molecule has 1 fully saturated rings. The molecule has 1 aromatic carbocycles. The third kappa shape index (κ3) is 3.99. The average molecular weight is 466 g/mol. The predicted octanol–water partition coefficient (Wildman–Crippen LogP) is 3.87. The van der Waals surface area contributed by atoms with Crippen LogP contribution in [0.2, 0.25) is 5.02 Å². The van der Waals surface area contributed by atoms with Gasteiger partial charge in [-0.05, 0) is 36.2 Å². The van der Waals surface area contributed by atoms with Gasteiger partial charge in [0.05, 0.1) is 29.6 Å². The minimum atomic E-state index is -0.271. The molecule has 1 aliphatic rings. The molecule has 4 heterocycles. The molecule has 0 bridgehead atoms. The van der Waals surface area contributed by atoms with Gasteiger partial charge in [-0.1, -0.05) is 23.7 Å². The first-order valence-corrected chi connectivity index (χ1v) is 11.5. The van der Waals surface area contributed by atoms with E-state index in [1.165, 1.54) is 11.3 Å². The Labute approximate surface area is 193 Å². The van der Waals surface area contributed by atoms with Crippen molar-refractivity contribution in [3.8, 4) is 0 Å². The molecule has 0 saturated carbocycles. The molecule has 1 N–H and O–H groups in total. The van der Waals surface area contributed by atoms with Crippen molar-refractivity contribution >= 4 is 40.3 Å². The molecular formula is C23H20ClN5O2S. The maximum atomic E-state index is 13.4. The molecule has 162 valence electrons. The summed E-state index contributed by atoms with van der Waals surface area (Å²) in [5.41, 5.74) is 2.40. The molecule has 2 amide bonds. The number of piperidine rings is 1. The van der Waals surface area contributed by atoms with Gasteiger partial charge in [0.15, 0.2) is 5.01 Å². The number of nitrogens with zero attached hydrogens (tertiary/aromatic N) is 4. The number of carbonyl (C=O) groups is 2. The van der Waals surface area contributed by atoms with Crippen molar-refractivity contribution in [2.45, 2.75) is 18.4 Å². The number of imidazole rings is 1. The summed E-state index contributed by atoms with van der Waals surface area (Å²) in [5, 5.41) is 5.94. The molecule has 7 nitrogen and oxygen atoms in total. The Bertz CT molecular complexity index is 1270. The molecule has 2 atom stereocenters. The first-order chi connectivity index (χ1) is 15.6. The summed E-state index contributed by atoms with van der Waals surface area (Å²) in [4.78, 5) is 36.3. The van der Waals surface area contributed by atoms with E-state index in [0.717, 1.165) is 11.1 Å². The van der Waals surface area contributed by atoms with Crippen molar-refractivity contribution in [1.29, 1.82) is 0 Å². The van der Waals surface area contributed by atoms with Gasteiger partial charge in [0.25, 0.3) is 11.8 Å². The van der Waals surface area contributed by atoms with Crippen molar-refractivity contribution in [2.24, 2.45) is 0 Å². The van der Waals surface area contributed by atoms with E-state index in [4.69, 9.17) is 11.6 Å². The van der Waals surface area contributed by atoms with Crippen LogP contribution in [0.1, 0.15) is 38.1 Å². The number of fused-ring (bicyclic) bond motifs is 1. The van der Waals surface area contributed by atoms with E-state index in [9.17, 15) is 9.59 Å². The second-order valence-electron chi connectivity index (χ2n) is 7.73. The van der Waals surface area contributed by atoms with Gasteiger partial charge in [-0.3, -0.25) is 9.59 Å². The van der Waals surface area contributed by atoms with Crippen molar-refractivity contribution in [2.75, 3.05) is 13.1 Å². The largest absolute Gasteiger partial charge is 0.345 e. The van der Waals surface area contributed by atoms with Crippen molar-refractivity contribution in [3.63, 3.8) is 0 Å². The van der Waals surface area contributed by atoms with Crippen LogP contribution < -0.4 is 5.32 Å². The normalized spacial score (nSPS) is 18.6. The number of benzene rings is 1. The second kappa shape index (κ2) is 8.72. The summed E-state index contributed by atoms with van der Waals surface area (Å²) in [6, 6.07) is 11.1. The molecule has 4 aromatic rings. The van der Waals surface area contributed by atoms with Crippen molar-refractivity contribution < 1.29 is 9.59 Å². The minimum absolute atomic E-state index is 0.0346. The lowest BCUT2D eigenvalue weighted by atomic mass is 9.85. The SMILES string of the molecule is O=C(N[C@@H]1CN(C(=O)c2cccn3cncc23)CC[C@H]1c1cccc(Cl)c1)c1nccs1. The number of pyridine rings is 1. The molecular weight excluding hydrogens is 446 g/mol. The van der Waals surface area contributed by atoms with Gasteiger partial charge in [0.1, 0.15) is 0 Å². The summed E-state index contributed by atoms with van der Waals surface area (Å²) >= 11 is 7.53. The highest BCUT2D eigenvalue weighted by Crippen LogP contribution is 2.31. The summed E-state index contributed by atoms with van der Waals surface area (Å²) in [6.07, 6.45) is 7.54. The van der Waals surface area contributed by atoms with Gasteiger partial charge < -0.3 is 14.6 Å². The summed E-state index contributed by atoms with van der Waals surface area (Å²) in [7, 11) is 0. The number of halogens is 1. The third-order valence-electron chi connectivity index (χ3n) is 5.80. The number of carbonyl (C=O) groups excluding carboxylic acids is 2. The lowest BCUT2D eigenvalue weighted by Gasteiger charge is -2.39. The average Bonchev–Trinajstić information content (AvgIpc) is 3.50. The maximum Gasteiger partial charge on any atom is 0.280 e. The maximum absolute atomic E-state index is 13.4. The molecule has 1 aliphatic heterocycles. The fraction of sp³-hybridized carbons (Fsp3) is 0.217. The molecule has 9 heteroatoms. The first kappa shape index (κ1) is 20.7. The minimum Gasteiger partial charge on any atom is -0.345 e. The molecule has 32 heavy (non-hydrogen) atoms. The van der Waals surface area contributed by atoms with Gasteiger partial charge in [-0.25, -0.2) is 9.97 Å². The van der Waals surface area contributed by atoms with E-state index in [-0.39, 0.29) is 23.8 Å². The Hall–Kier alpha value is -3.23. The first-order valence-electron chi connectivity index (χ1n) is 10.3. The molecule has 1 saturated heterocycles. The number of nitrogens with one attached hydrogen (secondary N) is 1. The van der Waals surface area contributed by atoms with Crippen LogP contribution in [0.4, 0.5) is 0 Å². The number of hydrogen-bond donors (Lipinski definition) is 1. The van der Waals surface area contributed by atoms with E-state index in [1.807, 2.05) is 47.0 Å². The predicted molar refractivity (Wildman–Crippen MR) is 123 cm³/mol. The van der Waals surface area contributed by atoms with E-state index >= 15 is 0 Å². The zero-order chi connectivity index (χ0) is 22.1. The molecule has 0 aliphatic carbocycles. The number of rotatable bonds is 4. The van der Waals surface area contributed by atoms with Gasteiger partial charge in [-0.15, -0.1) is 11.3 Å². The van der Waals surface area contributed by atoms with E-state index in [1.54, 1.807) is 29.0 Å². The van der Waals surface area contributed by atoms with E-state index < -0.39 is 0 Å². The van der Waals surface area contributed by atoms with Crippen molar-refractivity contribution in [3.05, 3.63) is 87.9 Å². The zero-order valence-corrected chi connectivity index (χ0v) is 18.6. The van der Waals surface area contributed by atoms with Crippen LogP contribution in [0.25, 0.3) is 5.52 Å². The number of hydrogen-bond acceptors (Lipinski definition) is 5. The highest BCUT2D eigenvalue weighted by atomic mass is 35.5. The standard InChI is InChI=1S/C23H20ClN5O2S/c24-16-4-1-3-15(11-16)17-6-9-28(13-19(17)27-21(30)22-26-7-10-32-22)23(31)18-5-2-8-29-14-25-12-20(18)29/h1-5,7-8,10-12,14,17,19H,6,9,13H2,(H,27,30)/t17-,19+/m0/s1. The lowest BCUT2D eigenvalue weighted by Crippen LogP contribution is -2.53. The van der Waals surface area contributed by atoms with Crippen LogP contribution in [0.5, 0.6) is 0 Å². The summed E-state index contributed by atoms with van der Waals surface area (Å²) in [6.45, 7) is 0.969. The Kier molecular flexibility index (Phi) is 5.63. The molecule has 0 spiro atoms. The topological polar surface area (TPSA) is 79.6 Å². The fourth-order valence-electron chi connectivity index (χ4n) is 4.29. The number of amides is 2. The second-order valence-corrected chi connectivity index (χ2v) is 9.06. The fourth-order valence-corrected chi connectivity index (χ4v) is 5.02. The zero-order valence-electron chi connectivity index (χ0n) is 17.0. The summed E-state index contributed by atoms with van der Waals surface area (Å²) < 4.78 is 1.83. The quantitative estimate of drug-likeness (QED) is 0.496. The Morgan fingerprint density at radius 2 is 2.12 bits per heavy atom. The highest BCUT2D eigenvalue weighted by molar-refractivity contribution is 7.11. The molecule has 0 radical (unpaired) electrons. The highest BCUT2D eigenvalue weighted by Gasteiger charge is 2.34. The van der Waals surface area contributed by atoms with Crippen LogP contribution in [0, 0.1) is 0 Å². The molecule has 5 rings (SSSR count). The molecule has 0 unspecified atom stereocenters. The molecule has 3 aromatic heterocycles. The van der Waals surface area contributed by atoms with Crippen LogP contribution in [0.15, 0.2) is 66.7 Å². The Morgan fingerprint density at radius 3 is 2.94 bits per heavy atom. The van der Waals surface area contributed by atoms with Gasteiger partial charge in [0.2, 0.25) is 0 Å². The van der Waals surface area contributed by atoms with Gasteiger partial charge in [-0.2, -0.15) is 0 Å². The van der Waals surface area contributed by atoms with E-state index in [0.29, 0.717) is 35.1 Å². The monoisotopic (exact) mass is 465 g/mol. The van der Waals surface area contributed by atoms with Gasteiger partial charge >= 0.3 is 0 Å².